The van der Waals surface area contributed by atoms with Gasteiger partial charge in [0.05, 0.1) is 11.6 Å². The third-order valence-electron chi connectivity index (χ3n) is 5.00. The largest absolute Gasteiger partial charge is 0.508 e. The Hall–Kier alpha value is -1.30. The SMILES string of the molecule is Cl.O=C(CCc1cccc(O)c1)NC1CCCOC12CCNCC2. The Balaban J connectivity index is 0.00000208. The van der Waals surface area contributed by atoms with Crippen molar-refractivity contribution in [1.29, 1.82) is 0 Å². The second-order valence-corrected chi connectivity index (χ2v) is 6.60. The van der Waals surface area contributed by atoms with Crippen molar-refractivity contribution in [2.24, 2.45) is 0 Å². The molecular weight excluding hydrogens is 328 g/mol. The van der Waals surface area contributed by atoms with Crippen LogP contribution in [0.2, 0.25) is 0 Å². The fraction of sp³-hybridized carbons (Fsp3) is 0.611. The van der Waals surface area contributed by atoms with Crippen molar-refractivity contribution in [3.8, 4) is 5.75 Å². The average Bonchev–Trinajstić information content (AvgIpc) is 2.56. The topological polar surface area (TPSA) is 70.6 Å². The number of aryl methyl sites for hydroxylation is 1. The van der Waals surface area contributed by atoms with Crippen LogP contribution >= 0.6 is 12.4 Å². The van der Waals surface area contributed by atoms with E-state index in [1.54, 1.807) is 12.1 Å². The number of halogens is 1. The van der Waals surface area contributed by atoms with Crippen LogP contribution in [0.15, 0.2) is 24.3 Å². The maximum Gasteiger partial charge on any atom is 0.220 e. The molecule has 0 aliphatic carbocycles. The van der Waals surface area contributed by atoms with Crippen LogP contribution in [0.3, 0.4) is 0 Å². The van der Waals surface area contributed by atoms with Gasteiger partial charge >= 0.3 is 0 Å². The summed E-state index contributed by atoms with van der Waals surface area (Å²) in [6.07, 6.45) is 5.01. The Bertz CT molecular complexity index is 539. The number of carbonyl (C=O) groups is 1. The molecule has 3 N–H and O–H groups in total. The number of rotatable bonds is 4. The van der Waals surface area contributed by atoms with Gasteiger partial charge in [0.25, 0.3) is 0 Å². The number of carbonyl (C=O) groups excluding carboxylic acids is 1. The fourth-order valence-electron chi connectivity index (χ4n) is 3.71. The summed E-state index contributed by atoms with van der Waals surface area (Å²) in [7, 11) is 0. The van der Waals surface area contributed by atoms with Crippen LogP contribution in [0.25, 0.3) is 0 Å². The lowest BCUT2D eigenvalue weighted by Crippen LogP contribution is -2.60. The van der Waals surface area contributed by atoms with Crippen molar-refractivity contribution < 1.29 is 14.6 Å². The summed E-state index contributed by atoms with van der Waals surface area (Å²) in [4.78, 5) is 12.4. The monoisotopic (exact) mass is 354 g/mol. The minimum absolute atomic E-state index is 0. The van der Waals surface area contributed by atoms with Crippen LogP contribution in [-0.4, -0.2) is 42.4 Å². The molecule has 1 aromatic carbocycles. The van der Waals surface area contributed by atoms with Gasteiger partial charge in [0.2, 0.25) is 5.91 Å². The van der Waals surface area contributed by atoms with E-state index in [4.69, 9.17) is 4.74 Å². The number of ether oxygens (including phenoxy) is 1. The predicted octanol–water partition coefficient (Wildman–Crippen LogP) is 2.16. The first-order valence-electron chi connectivity index (χ1n) is 8.60. The van der Waals surface area contributed by atoms with Gasteiger partial charge in [-0.25, -0.2) is 0 Å². The Morgan fingerprint density at radius 3 is 2.92 bits per heavy atom. The van der Waals surface area contributed by atoms with Crippen molar-refractivity contribution >= 4 is 18.3 Å². The fourth-order valence-corrected chi connectivity index (χ4v) is 3.71. The summed E-state index contributed by atoms with van der Waals surface area (Å²) in [6, 6.07) is 7.22. The highest BCUT2D eigenvalue weighted by Gasteiger charge is 2.43. The lowest BCUT2D eigenvalue weighted by Gasteiger charge is -2.46. The third kappa shape index (κ3) is 4.62. The Labute approximate surface area is 149 Å². The molecular formula is C18H27ClN2O3. The molecule has 2 fully saturated rings. The summed E-state index contributed by atoms with van der Waals surface area (Å²) in [5, 5.41) is 16.1. The third-order valence-corrected chi connectivity index (χ3v) is 5.00. The molecule has 2 aliphatic heterocycles. The number of aromatic hydroxyl groups is 1. The number of piperidine rings is 1. The van der Waals surface area contributed by atoms with Crippen molar-refractivity contribution in [3.63, 3.8) is 0 Å². The van der Waals surface area contributed by atoms with Gasteiger partial charge in [-0.05, 0) is 62.9 Å². The van der Waals surface area contributed by atoms with Crippen molar-refractivity contribution in [1.82, 2.24) is 10.6 Å². The van der Waals surface area contributed by atoms with Gasteiger partial charge in [-0.15, -0.1) is 12.4 Å². The maximum absolute atomic E-state index is 12.4. The first kappa shape index (κ1) is 19.0. The van der Waals surface area contributed by atoms with Crippen molar-refractivity contribution in [3.05, 3.63) is 29.8 Å². The van der Waals surface area contributed by atoms with E-state index in [1.165, 1.54) is 0 Å². The molecule has 1 amide bonds. The molecule has 0 radical (unpaired) electrons. The van der Waals surface area contributed by atoms with Gasteiger partial charge in [-0.2, -0.15) is 0 Å². The molecule has 134 valence electrons. The first-order valence-corrected chi connectivity index (χ1v) is 8.60. The smallest absolute Gasteiger partial charge is 0.220 e. The zero-order chi connectivity index (χ0) is 16.1. The summed E-state index contributed by atoms with van der Waals surface area (Å²) >= 11 is 0. The molecule has 1 atom stereocenters. The van der Waals surface area contributed by atoms with Gasteiger partial charge in [0.15, 0.2) is 0 Å². The van der Waals surface area contributed by atoms with Crippen molar-refractivity contribution in [2.75, 3.05) is 19.7 Å². The summed E-state index contributed by atoms with van der Waals surface area (Å²) in [6.45, 7) is 2.71. The Morgan fingerprint density at radius 1 is 1.38 bits per heavy atom. The van der Waals surface area contributed by atoms with E-state index in [9.17, 15) is 9.90 Å². The molecule has 0 bridgehead atoms. The number of phenolic OH excluding ortho intramolecular Hbond substituents is 1. The number of phenols is 1. The minimum atomic E-state index is -0.176. The highest BCUT2D eigenvalue weighted by atomic mass is 35.5. The molecule has 3 rings (SSSR count). The molecule has 5 nitrogen and oxygen atoms in total. The van der Waals surface area contributed by atoms with Crippen LogP contribution in [0.4, 0.5) is 0 Å². The molecule has 0 saturated carbocycles. The summed E-state index contributed by atoms with van der Waals surface area (Å²) < 4.78 is 6.11. The molecule has 1 aromatic rings. The maximum atomic E-state index is 12.4. The van der Waals surface area contributed by atoms with E-state index in [0.717, 1.165) is 50.9 Å². The standard InChI is InChI=1S/C18H26N2O3.ClH/c21-15-4-1-3-14(13-15)6-7-17(22)20-16-5-2-12-23-18(16)8-10-19-11-9-18;/h1,3-4,13,16,19,21H,2,5-12H2,(H,20,22);1H. The van der Waals surface area contributed by atoms with E-state index in [2.05, 4.69) is 10.6 Å². The Kier molecular flexibility index (Phi) is 6.90. The molecule has 1 unspecified atom stereocenters. The highest BCUT2D eigenvalue weighted by Crippen LogP contribution is 2.33. The van der Waals surface area contributed by atoms with E-state index in [-0.39, 0.29) is 35.7 Å². The summed E-state index contributed by atoms with van der Waals surface area (Å²) in [5.74, 6) is 0.319. The number of amides is 1. The molecule has 2 saturated heterocycles. The highest BCUT2D eigenvalue weighted by molar-refractivity contribution is 5.85. The van der Waals surface area contributed by atoms with Crippen LogP contribution < -0.4 is 10.6 Å². The second kappa shape index (κ2) is 8.70. The van der Waals surface area contributed by atoms with E-state index >= 15 is 0 Å². The molecule has 2 heterocycles. The van der Waals surface area contributed by atoms with E-state index in [1.807, 2.05) is 12.1 Å². The number of nitrogens with one attached hydrogen (secondary N) is 2. The number of hydrogen-bond donors (Lipinski definition) is 3. The lowest BCUT2D eigenvalue weighted by atomic mass is 9.80. The Morgan fingerprint density at radius 2 is 2.17 bits per heavy atom. The lowest BCUT2D eigenvalue weighted by molar-refractivity contribution is -0.136. The van der Waals surface area contributed by atoms with Gasteiger partial charge < -0.3 is 20.5 Å². The normalized spacial score (nSPS) is 22.6. The van der Waals surface area contributed by atoms with Gasteiger partial charge in [-0.3, -0.25) is 4.79 Å². The van der Waals surface area contributed by atoms with Crippen LogP contribution in [-0.2, 0) is 16.0 Å². The van der Waals surface area contributed by atoms with E-state index in [0.29, 0.717) is 12.8 Å². The van der Waals surface area contributed by atoms with Crippen LogP contribution in [0, 0.1) is 0 Å². The predicted molar refractivity (Wildman–Crippen MR) is 95.6 cm³/mol. The molecule has 2 aliphatic rings. The van der Waals surface area contributed by atoms with E-state index < -0.39 is 0 Å². The van der Waals surface area contributed by atoms with Gasteiger partial charge in [-0.1, -0.05) is 12.1 Å². The zero-order valence-corrected chi connectivity index (χ0v) is 14.7. The quantitative estimate of drug-likeness (QED) is 0.775. The molecule has 24 heavy (non-hydrogen) atoms. The zero-order valence-electron chi connectivity index (χ0n) is 13.9. The number of hydrogen-bond acceptors (Lipinski definition) is 4. The van der Waals surface area contributed by atoms with Crippen molar-refractivity contribution in [2.45, 2.75) is 50.2 Å². The van der Waals surface area contributed by atoms with Crippen LogP contribution in [0.5, 0.6) is 5.75 Å². The van der Waals surface area contributed by atoms with Crippen LogP contribution in [0.1, 0.15) is 37.7 Å². The number of benzene rings is 1. The van der Waals surface area contributed by atoms with Gasteiger partial charge in [0, 0.05) is 13.0 Å². The summed E-state index contributed by atoms with van der Waals surface area (Å²) in [5.41, 5.74) is 0.807. The molecule has 6 heteroatoms. The first-order chi connectivity index (χ1) is 11.2. The van der Waals surface area contributed by atoms with Gasteiger partial charge in [0.1, 0.15) is 5.75 Å². The molecule has 0 aromatic heterocycles. The second-order valence-electron chi connectivity index (χ2n) is 6.60. The molecule has 1 spiro atoms. The average molecular weight is 355 g/mol. The minimum Gasteiger partial charge on any atom is -0.508 e.